The lowest BCUT2D eigenvalue weighted by atomic mass is 10.2. The Morgan fingerprint density at radius 3 is 2.68 bits per heavy atom. The van der Waals surface area contributed by atoms with E-state index in [0.717, 1.165) is 16.6 Å². The van der Waals surface area contributed by atoms with E-state index >= 15 is 0 Å². The van der Waals surface area contributed by atoms with Crippen LogP contribution in [0.3, 0.4) is 0 Å². The summed E-state index contributed by atoms with van der Waals surface area (Å²) in [6.07, 6.45) is 2.20. The lowest BCUT2D eigenvalue weighted by Gasteiger charge is -2.11. The fourth-order valence-electron chi connectivity index (χ4n) is 2.02. The van der Waals surface area contributed by atoms with E-state index in [-0.39, 0.29) is 5.91 Å². The second-order valence-corrected chi connectivity index (χ2v) is 7.22. The van der Waals surface area contributed by atoms with Crippen LogP contribution in [-0.2, 0) is 11.2 Å². The number of anilines is 1. The van der Waals surface area contributed by atoms with Crippen molar-refractivity contribution < 1.29 is 14.3 Å². The normalized spacial score (nSPS) is 10.3. The molecular weight excluding hydrogens is 366 g/mol. The summed E-state index contributed by atoms with van der Waals surface area (Å²) in [6, 6.07) is 9.44. The molecule has 0 aliphatic rings. The molecule has 4 nitrogen and oxygen atoms in total. The summed E-state index contributed by atoms with van der Waals surface area (Å²) in [5.74, 6) is 1.27. The lowest BCUT2D eigenvalue weighted by Crippen LogP contribution is -2.12. The van der Waals surface area contributed by atoms with Gasteiger partial charge in [-0.15, -0.1) is 11.3 Å². The summed E-state index contributed by atoms with van der Waals surface area (Å²) in [5.41, 5.74) is 0.659. The van der Waals surface area contributed by atoms with Crippen LogP contribution in [0.25, 0.3) is 0 Å². The maximum Gasteiger partial charge on any atom is 0.224 e. The smallest absolute Gasteiger partial charge is 0.224 e. The topological polar surface area (TPSA) is 47.6 Å². The summed E-state index contributed by atoms with van der Waals surface area (Å²) in [7, 11) is 3.16. The molecule has 1 aromatic heterocycles. The molecule has 0 atom stereocenters. The first kappa shape index (κ1) is 16.8. The van der Waals surface area contributed by atoms with E-state index in [0.29, 0.717) is 23.6 Å². The van der Waals surface area contributed by atoms with E-state index in [1.807, 2.05) is 6.07 Å². The van der Waals surface area contributed by atoms with Crippen LogP contribution >= 0.6 is 27.3 Å². The number of aryl methyl sites for hydroxylation is 1. The van der Waals surface area contributed by atoms with Crippen molar-refractivity contribution in [2.75, 3.05) is 19.5 Å². The van der Waals surface area contributed by atoms with Crippen molar-refractivity contribution in [1.29, 1.82) is 0 Å². The van der Waals surface area contributed by atoms with Gasteiger partial charge in [-0.05, 0) is 53.0 Å². The Balaban J connectivity index is 1.86. The van der Waals surface area contributed by atoms with Crippen LogP contribution in [-0.4, -0.2) is 20.1 Å². The zero-order valence-corrected chi connectivity index (χ0v) is 14.9. The van der Waals surface area contributed by atoms with Gasteiger partial charge in [-0.1, -0.05) is 0 Å². The van der Waals surface area contributed by atoms with Gasteiger partial charge >= 0.3 is 0 Å². The zero-order chi connectivity index (χ0) is 15.9. The molecule has 0 aliphatic heterocycles. The van der Waals surface area contributed by atoms with Gasteiger partial charge in [0.1, 0.15) is 11.5 Å². The molecule has 0 aliphatic carbocycles. The minimum Gasteiger partial charge on any atom is -0.497 e. The van der Waals surface area contributed by atoms with Crippen molar-refractivity contribution >= 4 is 38.9 Å². The summed E-state index contributed by atoms with van der Waals surface area (Å²) in [4.78, 5) is 13.3. The largest absolute Gasteiger partial charge is 0.497 e. The predicted molar refractivity (Wildman–Crippen MR) is 93.1 cm³/mol. The van der Waals surface area contributed by atoms with Gasteiger partial charge in [0.25, 0.3) is 0 Å². The van der Waals surface area contributed by atoms with E-state index in [9.17, 15) is 4.79 Å². The number of carbonyl (C=O) groups is 1. The molecule has 2 rings (SSSR count). The number of amides is 1. The highest BCUT2D eigenvalue weighted by atomic mass is 79.9. The SMILES string of the molecule is COc1ccc(NC(=O)CCCc2ccc(Br)s2)c(OC)c1. The molecule has 118 valence electrons. The molecule has 6 heteroatoms. The summed E-state index contributed by atoms with van der Waals surface area (Å²) >= 11 is 5.14. The number of rotatable bonds is 7. The van der Waals surface area contributed by atoms with Gasteiger partial charge in [0.15, 0.2) is 0 Å². The standard InChI is InChI=1S/C16H18BrNO3S/c1-20-11-6-8-13(14(10-11)21-2)18-16(19)5-3-4-12-7-9-15(17)22-12/h6-10H,3-5H2,1-2H3,(H,18,19). The fourth-order valence-corrected chi connectivity index (χ4v) is 3.55. The van der Waals surface area contributed by atoms with E-state index < -0.39 is 0 Å². The van der Waals surface area contributed by atoms with Crippen LogP contribution in [0.5, 0.6) is 11.5 Å². The van der Waals surface area contributed by atoms with Gasteiger partial charge in [0.05, 0.1) is 23.7 Å². The van der Waals surface area contributed by atoms with Crippen LogP contribution < -0.4 is 14.8 Å². The maximum absolute atomic E-state index is 12.0. The lowest BCUT2D eigenvalue weighted by molar-refractivity contribution is -0.116. The highest BCUT2D eigenvalue weighted by molar-refractivity contribution is 9.11. The molecule has 0 unspecified atom stereocenters. The second-order valence-electron chi connectivity index (χ2n) is 4.67. The van der Waals surface area contributed by atoms with Crippen LogP contribution in [0, 0.1) is 0 Å². The van der Waals surface area contributed by atoms with Crippen molar-refractivity contribution in [2.45, 2.75) is 19.3 Å². The van der Waals surface area contributed by atoms with E-state index in [4.69, 9.17) is 9.47 Å². The van der Waals surface area contributed by atoms with Gasteiger partial charge in [0.2, 0.25) is 5.91 Å². The third kappa shape index (κ3) is 4.74. The molecule has 0 fully saturated rings. The van der Waals surface area contributed by atoms with Gasteiger partial charge in [0, 0.05) is 17.4 Å². The van der Waals surface area contributed by atoms with Gasteiger partial charge < -0.3 is 14.8 Å². The molecule has 2 aromatic rings. The quantitative estimate of drug-likeness (QED) is 0.765. The van der Waals surface area contributed by atoms with E-state index in [2.05, 4.69) is 27.3 Å². The monoisotopic (exact) mass is 383 g/mol. The minimum atomic E-state index is -0.0147. The molecule has 0 bridgehead atoms. The van der Waals surface area contributed by atoms with Gasteiger partial charge in [-0.25, -0.2) is 0 Å². The molecule has 1 amide bonds. The third-order valence-electron chi connectivity index (χ3n) is 3.14. The van der Waals surface area contributed by atoms with Crippen LogP contribution in [0.2, 0.25) is 0 Å². The Morgan fingerprint density at radius 1 is 1.23 bits per heavy atom. The van der Waals surface area contributed by atoms with Gasteiger partial charge in [-0.3, -0.25) is 4.79 Å². The summed E-state index contributed by atoms with van der Waals surface area (Å²) < 4.78 is 11.5. The second kappa shape index (κ2) is 8.19. The number of ether oxygens (including phenoxy) is 2. The van der Waals surface area contributed by atoms with Crippen LogP contribution in [0.1, 0.15) is 17.7 Å². The average Bonchev–Trinajstić information content (AvgIpc) is 2.93. The number of benzene rings is 1. The molecule has 1 N–H and O–H groups in total. The van der Waals surface area contributed by atoms with E-state index in [1.54, 1.807) is 43.8 Å². The highest BCUT2D eigenvalue weighted by Gasteiger charge is 2.09. The molecule has 1 heterocycles. The first-order valence-corrected chi connectivity index (χ1v) is 8.49. The molecule has 1 aromatic carbocycles. The Kier molecular flexibility index (Phi) is 6.27. The molecular formula is C16H18BrNO3S. The van der Waals surface area contributed by atoms with Crippen LogP contribution in [0.15, 0.2) is 34.1 Å². The Labute approximate surface area is 142 Å². The third-order valence-corrected chi connectivity index (χ3v) is 4.82. The summed E-state index contributed by atoms with van der Waals surface area (Å²) in [5, 5.41) is 2.88. The first-order chi connectivity index (χ1) is 10.6. The Morgan fingerprint density at radius 2 is 2.05 bits per heavy atom. The fraction of sp³-hybridized carbons (Fsp3) is 0.312. The highest BCUT2D eigenvalue weighted by Crippen LogP contribution is 2.29. The molecule has 0 radical (unpaired) electrons. The molecule has 0 saturated carbocycles. The first-order valence-electron chi connectivity index (χ1n) is 6.88. The maximum atomic E-state index is 12.0. The van der Waals surface area contributed by atoms with Crippen molar-refractivity contribution in [3.05, 3.63) is 39.0 Å². The molecule has 0 saturated heterocycles. The van der Waals surface area contributed by atoms with Crippen molar-refractivity contribution in [3.63, 3.8) is 0 Å². The number of methoxy groups -OCH3 is 2. The summed E-state index contributed by atoms with van der Waals surface area (Å²) in [6.45, 7) is 0. The Hall–Kier alpha value is -1.53. The molecule has 0 spiro atoms. The minimum absolute atomic E-state index is 0.0147. The van der Waals surface area contributed by atoms with Crippen LogP contribution in [0.4, 0.5) is 5.69 Å². The number of halogens is 1. The number of thiophene rings is 1. The predicted octanol–water partition coefficient (Wildman–Crippen LogP) is 4.49. The molecule has 22 heavy (non-hydrogen) atoms. The van der Waals surface area contributed by atoms with E-state index in [1.165, 1.54) is 4.88 Å². The zero-order valence-electron chi connectivity index (χ0n) is 12.5. The van der Waals surface area contributed by atoms with Crippen molar-refractivity contribution in [1.82, 2.24) is 0 Å². The Bertz CT molecular complexity index is 642. The number of carbonyl (C=O) groups excluding carboxylic acids is 1. The average molecular weight is 384 g/mol. The number of nitrogens with one attached hydrogen (secondary N) is 1. The van der Waals surface area contributed by atoms with Crippen molar-refractivity contribution in [3.8, 4) is 11.5 Å². The van der Waals surface area contributed by atoms with Gasteiger partial charge in [-0.2, -0.15) is 0 Å². The van der Waals surface area contributed by atoms with Crippen molar-refractivity contribution in [2.24, 2.45) is 0 Å². The number of hydrogen-bond acceptors (Lipinski definition) is 4. The number of hydrogen-bond donors (Lipinski definition) is 1.